The summed E-state index contributed by atoms with van der Waals surface area (Å²) in [5.41, 5.74) is 1.18. The van der Waals surface area contributed by atoms with Gasteiger partial charge in [0, 0.05) is 17.8 Å². The van der Waals surface area contributed by atoms with Crippen LogP contribution in [0, 0.1) is 11.8 Å². The lowest BCUT2D eigenvalue weighted by Gasteiger charge is -2.33. The summed E-state index contributed by atoms with van der Waals surface area (Å²) < 4.78 is 0. The lowest BCUT2D eigenvalue weighted by molar-refractivity contribution is 0.390. The first-order chi connectivity index (χ1) is 9.65. The zero-order valence-electron chi connectivity index (χ0n) is 12.4. The monoisotopic (exact) mass is 288 g/mol. The van der Waals surface area contributed by atoms with Crippen LogP contribution in [0.25, 0.3) is 0 Å². The molecule has 2 nitrogen and oxygen atoms in total. The van der Waals surface area contributed by atoms with Gasteiger partial charge in [-0.25, -0.2) is 0 Å². The summed E-state index contributed by atoms with van der Waals surface area (Å²) in [6, 6.07) is 11.4. The Morgan fingerprint density at radius 1 is 1.20 bits per heavy atom. The summed E-state index contributed by atoms with van der Waals surface area (Å²) >= 11 is 5.70. The van der Waals surface area contributed by atoms with E-state index in [0.717, 1.165) is 16.9 Å². The highest BCUT2D eigenvalue weighted by atomic mass is 32.1. The minimum Gasteiger partial charge on any atom is -0.359 e. The van der Waals surface area contributed by atoms with Gasteiger partial charge in [-0.05, 0) is 69.3 Å². The number of nitrogens with zero attached hydrogens (tertiary/aromatic N) is 1. The maximum atomic E-state index is 5.70. The fourth-order valence-corrected chi connectivity index (χ4v) is 4.36. The topological polar surface area (TPSA) is 15.3 Å². The molecule has 3 atom stereocenters. The van der Waals surface area contributed by atoms with Gasteiger partial charge in [-0.15, -0.1) is 0 Å². The van der Waals surface area contributed by atoms with Crippen molar-refractivity contribution in [1.29, 1.82) is 0 Å². The molecule has 3 heteroatoms. The van der Waals surface area contributed by atoms with Gasteiger partial charge >= 0.3 is 0 Å². The van der Waals surface area contributed by atoms with Crippen LogP contribution in [0.4, 0.5) is 5.69 Å². The van der Waals surface area contributed by atoms with Crippen molar-refractivity contribution in [3.63, 3.8) is 0 Å². The molecule has 1 N–H and O–H groups in total. The molecule has 0 unspecified atom stereocenters. The van der Waals surface area contributed by atoms with Crippen LogP contribution in [-0.2, 0) is 0 Å². The Labute approximate surface area is 127 Å². The van der Waals surface area contributed by atoms with E-state index in [0.29, 0.717) is 12.1 Å². The van der Waals surface area contributed by atoms with E-state index in [9.17, 15) is 0 Å². The molecule has 2 fully saturated rings. The summed E-state index contributed by atoms with van der Waals surface area (Å²) in [5, 5.41) is 4.54. The smallest absolute Gasteiger partial charge is 0.173 e. The highest BCUT2D eigenvalue weighted by Gasteiger charge is 2.40. The highest BCUT2D eigenvalue weighted by Crippen LogP contribution is 2.44. The summed E-state index contributed by atoms with van der Waals surface area (Å²) in [7, 11) is 0. The number of nitrogens with one attached hydrogen (secondary N) is 1. The van der Waals surface area contributed by atoms with E-state index >= 15 is 0 Å². The molecule has 2 aliphatic carbocycles. The number of hydrogen-bond donors (Lipinski definition) is 1. The van der Waals surface area contributed by atoms with E-state index in [1.807, 2.05) is 0 Å². The van der Waals surface area contributed by atoms with Gasteiger partial charge in [0.25, 0.3) is 0 Å². The van der Waals surface area contributed by atoms with Gasteiger partial charge in [-0.3, -0.25) is 0 Å². The third-order valence-electron chi connectivity index (χ3n) is 4.82. The van der Waals surface area contributed by atoms with E-state index in [-0.39, 0.29) is 0 Å². The highest BCUT2D eigenvalue weighted by molar-refractivity contribution is 7.80. The molecule has 0 saturated heterocycles. The molecule has 0 heterocycles. The Kier molecular flexibility index (Phi) is 3.97. The minimum atomic E-state index is 0.371. The van der Waals surface area contributed by atoms with Crippen LogP contribution in [-0.4, -0.2) is 17.2 Å². The third-order valence-corrected chi connectivity index (χ3v) is 5.13. The number of anilines is 1. The van der Waals surface area contributed by atoms with Crippen molar-refractivity contribution in [2.24, 2.45) is 11.8 Å². The van der Waals surface area contributed by atoms with Gasteiger partial charge in [0.05, 0.1) is 0 Å². The van der Waals surface area contributed by atoms with Crippen molar-refractivity contribution in [1.82, 2.24) is 5.32 Å². The molecular formula is C17H24N2S. The lowest BCUT2D eigenvalue weighted by Crippen LogP contribution is -2.49. The second-order valence-electron chi connectivity index (χ2n) is 6.53. The third kappa shape index (κ3) is 2.69. The Morgan fingerprint density at radius 3 is 2.50 bits per heavy atom. The Bertz CT molecular complexity index is 471. The number of rotatable bonds is 3. The second-order valence-corrected chi connectivity index (χ2v) is 6.92. The van der Waals surface area contributed by atoms with Crippen LogP contribution in [0.1, 0.15) is 39.5 Å². The van der Waals surface area contributed by atoms with E-state index in [1.165, 1.54) is 31.4 Å². The first-order valence-electron chi connectivity index (χ1n) is 7.80. The van der Waals surface area contributed by atoms with E-state index < -0.39 is 0 Å². The van der Waals surface area contributed by atoms with Gasteiger partial charge < -0.3 is 10.2 Å². The average molecular weight is 288 g/mol. The quantitative estimate of drug-likeness (QED) is 0.847. The van der Waals surface area contributed by atoms with Crippen molar-refractivity contribution in [2.45, 2.75) is 51.6 Å². The number of benzene rings is 1. The first kappa shape index (κ1) is 13.9. The summed E-state index contributed by atoms with van der Waals surface area (Å²) in [6.07, 6.45) is 5.54. The van der Waals surface area contributed by atoms with Gasteiger partial charge in [-0.2, -0.15) is 0 Å². The average Bonchev–Trinajstić information content (AvgIpc) is 3.02. The predicted molar refractivity (Wildman–Crippen MR) is 89.0 cm³/mol. The van der Waals surface area contributed by atoms with E-state index in [2.05, 4.69) is 54.4 Å². The van der Waals surface area contributed by atoms with Crippen molar-refractivity contribution in [3.8, 4) is 0 Å². The van der Waals surface area contributed by atoms with Crippen molar-refractivity contribution < 1.29 is 0 Å². The molecular weight excluding hydrogens is 264 g/mol. The van der Waals surface area contributed by atoms with Gasteiger partial charge in [0.15, 0.2) is 5.11 Å². The number of fused-ring (bicyclic) bond motifs is 2. The summed E-state index contributed by atoms with van der Waals surface area (Å²) in [4.78, 5) is 2.24. The van der Waals surface area contributed by atoms with Crippen LogP contribution in [0.2, 0.25) is 0 Å². The maximum absolute atomic E-state index is 5.70. The molecule has 2 saturated carbocycles. The van der Waals surface area contributed by atoms with E-state index in [4.69, 9.17) is 12.2 Å². The minimum absolute atomic E-state index is 0.371. The van der Waals surface area contributed by atoms with Crippen molar-refractivity contribution >= 4 is 23.0 Å². The maximum Gasteiger partial charge on any atom is 0.173 e. The summed E-state index contributed by atoms with van der Waals surface area (Å²) in [5.74, 6) is 1.80. The Balaban J connectivity index is 1.70. The Hall–Kier alpha value is -1.09. The first-order valence-corrected chi connectivity index (χ1v) is 8.20. The zero-order valence-corrected chi connectivity index (χ0v) is 13.2. The van der Waals surface area contributed by atoms with Crippen LogP contribution in [0.5, 0.6) is 0 Å². The zero-order chi connectivity index (χ0) is 14.1. The van der Waals surface area contributed by atoms with Gasteiger partial charge in [0.2, 0.25) is 0 Å². The molecule has 108 valence electrons. The lowest BCUT2D eigenvalue weighted by atomic mass is 9.95. The van der Waals surface area contributed by atoms with Crippen LogP contribution >= 0.6 is 12.2 Å². The fourth-order valence-electron chi connectivity index (χ4n) is 3.89. The second kappa shape index (κ2) is 5.72. The standard InChI is InChI=1S/C17H24N2S/c1-12(2)19(15-6-4-3-5-7-15)17(20)18-16-11-13-8-9-14(16)10-13/h3-7,12-14,16H,8-11H2,1-2H3,(H,18,20)/t13-,14+,16-/m1/s1. The number of para-hydroxylation sites is 1. The summed E-state index contributed by atoms with van der Waals surface area (Å²) in [6.45, 7) is 4.39. The van der Waals surface area contributed by atoms with Crippen LogP contribution in [0.3, 0.4) is 0 Å². The molecule has 20 heavy (non-hydrogen) atoms. The molecule has 2 aliphatic rings. The van der Waals surface area contributed by atoms with E-state index in [1.54, 1.807) is 0 Å². The molecule has 2 bridgehead atoms. The molecule has 1 aromatic rings. The normalized spacial score (nSPS) is 27.9. The molecule has 3 rings (SSSR count). The van der Waals surface area contributed by atoms with Gasteiger partial charge in [0.1, 0.15) is 0 Å². The molecule has 1 aromatic carbocycles. The molecule has 0 aromatic heterocycles. The number of thiocarbonyl (C=S) groups is 1. The van der Waals surface area contributed by atoms with Crippen LogP contribution < -0.4 is 10.2 Å². The fraction of sp³-hybridized carbons (Fsp3) is 0.588. The predicted octanol–water partition coefficient (Wildman–Crippen LogP) is 3.96. The largest absolute Gasteiger partial charge is 0.359 e. The molecule has 0 spiro atoms. The van der Waals surface area contributed by atoms with Crippen LogP contribution in [0.15, 0.2) is 30.3 Å². The molecule has 0 aliphatic heterocycles. The van der Waals surface area contributed by atoms with Crippen molar-refractivity contribution in [3.05, 3.63) is 30.3 Å². The molecule has 0 radical (unpaired) electrons. The van der Waals surface area contributed by atoms with Gasteiger partial charge in [-0.1, -0.05) is 24.6 Å². The molecule has 0 amide bonds. The Morgan fingerprint density at radius 2 is 1.95 bits per heavy atom. The SMILES string of the molecule is CC(C)N(C(=S)N[C@@H]1C[C@@H]2CC[C@H]1C2)c1ccccc1. The van der Waals surface area contributed by atoms with Crippen molar-refractivity contribution in [2.75, 3.05) is 4.90 Å². The number of hydrogen-bond acceptors (Lipinski definition) is 1.